The average molecular weight is 360 g/mol. The summed E-state index contributed by atoms with van der Waals surface area (Å²) >= 11 is 6.05. The predicted molar refractivity (Wildman–Crippen MR) is 95.2 cm³/mol. The standard InChI is InChI=1S/C17H14ClN3O2S/c1-20(2)13-4-6-14(7-5-13)21-11-15(10-19)24(22,23)17-8-3-12(18)9-16(17)21/h3-9,11H,1-2H3. The fraction of sp³-hybridized carbons (Fsp3) is 0.118. The number of hydrogen-bond acceptors (Lipinski definition) is 5. The lowest BCUT2D eigenvalue weighted by Gasteiger charge is -2.28. The van der Waals surface area contributed by atoms with Crippen molar-refractivity contribution in [1.82, 2.24) is 0 Å². The molecular weight excluding hydrogens is 346 g/mol. The van der Waals surface area contributed by atoms with Crippen LogP contribution in [0.2, 0.25) is 5.02 Å². The molecule has 0 saturated heterocycles. The van der Waals surface area contributed by atoms with Crippen molar-refractivity contribution in [3.05, 3.63) is 58.6 Å². The maximum absolute atomic E-state index is 12.5. The SMILES string of the molecule is CN(C)c1ccc(N2C=C(C#N)S(=O)(=O)c3ccc(Cl)cc32)cc1. The molecule has 0 unspecified atom stereocenters. The first kappa shape index (κ1) is 16.4. The minimum Gasteiger partial charge on any atom is -0.378 e. The van der Waals surface area contributed by atoms with Crippen LogP contribution < -0.4 is 9.80 Å². The molecule has 0 aliphatic carbocycles. The van der Waals surface area contributed by atoms with Crippen molar-refractivity contribution >= 4 is 38.5 Å². The zero-order chi connectivity index (χ0) is 17.5. The van der Waals surface area contributed by atoms with E-state index in [1.165, 1.54) is 18.3 Å². The summed E-state index contributed by atoms with van der Waals surface area (Å²) in [5.74, 6) is 0. The first-order chi connectivity index (χ1) is 11.3. The predicted octanol–water partition coefficient (Wildman–Crippen LogP) is 3.70. The third-order valence-corrected chi connectivity index (χ3v) is 5.70. The van der Waals surface area contributed by atoms with Gasteiger partial charge in [0.25, 0.3) is 0 Å². The van der Waals surface area contributed by atoms with Gasteiger partial charge in [-0.3, -0.25) is 0 Å². The van der Waals surface area contributed by atoms with Crippen LogP contribution >= 0.6 is 11.6 Å². The van der Waals surface area contributed by atoms with Gasteiger partial charge in [-0.1, -0.05) is 11.6 Å². The molecule has 0 amide bonds. The quantitative estimate of drug-likeness (QED) is 0.818. The van der Waals surface area contributed by atoms with Crippen molar-refractivity contribution in [2.75, 3.05) is 23.9 Å². The van der Waals surface area contributed by atoms with Gasteiger partial charge in [0.15, 0.2) is 4.91 Å². The van der Waals surface area contributed by atoms with Crippen molar-refractivity contribution in [3.8, 4) is 6.07 Å². The zero-order valence-electron chi connectivity index (χ0n) is 13.1. The highest BCUT2D eigenvalue weighted by atomic mass is 35.5. The summed E-state index contributed by atoms with van der Waals surface area (Å²) in [6.07, 6.45) is 1.33. The normalized spacial score (nSPS) is 15.2. The van der Waals surface area contributed by atoms with Crippen LogP contribution in [0.1, 0.15) is 0 Å². The van der Waals surface area contributed by atoms with Gasteiger partial charge in [0.2, 0.25) is 9.84 Å². The summed E-state index contributed by atoms with van der Waals surface area (Å²) in [4.78, 5) is 3.41. The van der Waals surface area contributed by atoms with Crippen molar-refractivity contribution in [1.29, 1.82) is 5.26 Å². The Kier molecular flexibility index (Phi) is 3.99. The molecule has 0 atom stereocenters. The molecule has 0 radical (unpaired) electrons. The molecule has 1 aliphatic rings. The van der Waals surface area contributed by atoms with Crippen LogP contribution in [0.25, 0.3) is 0 Å². The Hall–Kier alpha value is -2.49. The van der Waals surface area contributed by atoms with E-state index in [0.29, 0.717) is 10.7 Å². The number of nitrogens with zero attached hydrogens (tertiary/aromatic N) is 3. The zero-order valence-corrected chi connectivity index (χ0v) is 14.6. The summed E-state index contributed by atoms with van der Waals surface area (Å²) in [6.45, 7) is 0. The van der Waals surface area contributed by atoms with E-state index in [2.05, 4.69) is 0 Å². The topological polar surface area (TPSA) is 64.4 Å². The highest BCUT2D eigenvalue weighted by Crippen LogP contribution is 2.40. The second-order valence-corrected chi connectivity index (χ2v) is 7.82. The van der Waals surface area contributed by atoms with Crippen molar-refractivity contribution < 1.29 is 8.42 Å². The minimum atomic E-state index is -3.82. The molecule has 1 aliphatic heterocycles. The van der Waals surface area contributed by atoms with E-state index in [9.17, 15) is 13.7 Å². The number of anilines is 3. The first-order valence-electron chi connectivity index (χ1n) is 7.08. The number of sulfone groups is 1. The van der Waals surface area contributed by atoms with E-state index in [-0.39, 0.29) is 9.80 Å². The molecule has 0 aromatic heterocycles. The fourth-order valence-corrected chi connectivity index (χ4v) is 3.94. The fourth-order valence-electron chi connectivity index (χ4n) is 2.49. The minimum absolute atomic E-state index is 0.0719. The number of halogens is 1. The lowest BCUT2D eigenvalue weighted by Crippen LogP contribution is -2.21. The number of nitriles is 1. The van der Waals surface area contributed by atoms with Gasteiger partial charge in [0.05, 0.1) is 10.6 Å². The molecule has 1 heterocycles. The van der Waals surface area contributed by atoms with E-state index >= 15 is 0 Å². The van der Waals surface area contributed by atoms with Crippen LogP contribution in [0.4, 0.5) is 17.1 Å². The molecule has 2 aromatic carbocycles. The monoisotopic (exact) mass is 359 g/mol. The molecular formula is C17H14ClN3O2S. The largest absolute Gasteiger partial charge is 0.378 e. The molecule has 5 nitrogen and oxygen atoms in total. The Morgan fingerprint density at radius 3 is 2.38 bits per heavy atom. The smallest absolute Gasteiger partial charge is 0.220 e. The summed E-state index contributed by atoms with van der Waals surface area (Å²) in [5.41, 5.74) is 2.19. The van der Waals surface area contributed by atoms with Crippen LogP contribution in [0, 0.1) is 11.3 Å². The number of rotatable bonds is 2. The molecule has 2 aromatic rings. The lowest BCUT2D eigenvalue weighted by atomic mass is 10.2. The maximum Gasteiger partial charge on any atom is 0.220 e. The van der Waals surface area contributed by atoms with Gasteiger partial charge in [-0.2, -0.15) is 5.26 Å². The van der Waals surface area contributed by atoms with Gasteiger partial charge in [-0.25, -0.2) is 8.42 Å². The summed E-state index contributed by atoms with van der Waals surface area (Å²) in [6, 6.07) is 13.9. The van der Waals surface area contributed by atoms with E-state index in [1.54, 1.807) is 17.0 Å². The third kappa shape index (κ3) is 2.62. The Labute approximate surface area is 145 Å². The number of hydrogen-bond donors (Lipinski definition) is 0. The van der Waals surface area contributed by atoms with Crippen molar-refractivity contribution in [2.24, 2.45) is 0 Å². The Morgan fingerprint density at radius 2 is 1.79 bits per heavy atom. The maximum atomic E-state index is 12.5. The van der Waals surface area contributed by atoms with E-state index in [4.69, 9.17) is 11.6 Å². The van der Waals surface area contributed by atoms with Gasteiger partial charge in [-0.05, 0) is 42.5 Å². The molecule has 0 bridgehead atoms. The van der Waals surface area contributed by atoms with Gasteiger partial charge in [0.1, 0.15) is 6.07 Å². The van der Waals surface area contributed by atoms with Crippen LogP contribution in [0.5, 0.6) is 0 Å². The number of allylic oxidation sites excluding steroid dienone is 1. The van der Waals surface area contributed by atoms with E-state index < -0.39 is 9.84 Å². The average Bonchev–Trinajstić information content (AvgIpc) is 2.55. The molecule has 0 saturated carbocycles. The highest BCUT2D eigenvalue weighted by molar-refractivity contribution is 7.95. The molecule has 0 spiro atoms. The van der Waals surface area contributed by atoms with Crippen LogP contribution in [-0.4, -0.2) is 22.5 Å². The second kappa shape index (κ2) is 5.86. The van der Waals surface area contributed by atoms with Gasteiger partial charge >= 0.3 is 0 Å². The molecule has 24 heavy (non-hydrogen) atoms. The van der Waals surface area contributed by atoms with Gasteiger partial charge in [0, 0.05) is 36.7 Å². The summed E-state index contributed by atoms with van der Waals surface area (Å²) in [7, 11) is 0.0508. The molecule has 0 fully saturated rings. The molecule has 0 N–H and O–H groups in total. The molecule has 3 rings (SSSR count). The highest BCUT2D eigenvalue weighted by Gasteiger charge is 2.32. The van der Waals surface area contributed by atoms with E-state index in [1.807, 2.05) is 43.3 Å². The molecule has 7 heteroatoms. The number of benzene rings is 2. The van der Waals surface area contributed by atoms with Crippen molar-refractivity contribution in [3.63, 3.8) is 0 Å². The van der Waals surface area contributed by atoms with Gasteiger partial charge < -0.3 is 9.80 Å². The van der Waals surface area contributed by atoms with Crippen LogP contribution in [0.15, 0.2) is 58.5 Å². The van der Waals surface area contributed by atoms with E-state index in [0.717, 1.165) is 11.4 Å². The summed E-state index contributed by atoms with van der Waals surface area (Å²) < 4.78 is 25.0. The summed E-state index contributed by atoms with van der Waals surface area (Å²) in [5, 5.41) is 9.66. The number of fused-ring (bicyclic) bond motifs is 1. The van der Waals surface area contributed by atoms with Gasteiger partial charge in [-0.15, -0.1) is 0 Å². The van der Waals surface area contributed by atoms with Crippen molar-refractivity contribution in [2.45, 2.75) is 4.90 Å². The molecule has 122 valence electrons. The lowest BCUT2D eigenvalue weighted by molar-refractivity contribution is 0.602. The Bertz CT molecular complexity index is 974. The Morgan fingerprint density at radius 1 is 1.12 bits per heavy atom. The second-order valence-electron chi connectivity index (χ2n) is 5.50. The Balaban J connectivity index is 2.21. The third-order valence-electron chi connectivity index (χ3n) is 3.76. The first-order valence-corrected chi connectivity index (χ1v) is 8.94. The van der Waals surface area contributed by atoms with Crippen LogP contribution in [-0.2, 0) is 9.84 Å². The van der Waals surface area contributed by atoms with Crippen LogP contribution in [0.3, 0.4) is 0 Å².